The van der Waals surface area contributed by atoms with Crippen LogP contribution in [0, 0.1) is 5.92 Å². The molecule has 2 aromatic rings. The monoisotopic (exact) mass is 442 g/mol. The summed E-state index contributed by atoms with van der Waals surface area (Å²) in [7, 11) is -3.73. The van der Waals surface area contributed by atoms with Gasteiger partial charge in [-0.3, -0.25) is 9.10 Å². The summed E-state index contributed by atoms with van der Waals surface area (Å²) in [5.41, 5.74) is 1.18. The van der Waals surface area contributed by atoms with E-state index in [2.05, 4.69) is 19.2 Å². The molecule has 0 radical (unpaired) electrons. The lowest BCUT2D eigenvalue weighted by atomic mass is 9.97. The number of hydrogen-bond acceptors (Lipinski definition) is 3. The van der Waals surface area contributed by atoms with Gasteiger partial charge in [0, 0.05) is 5.02 Å². The number of nitrogens with one attached hydrogen (secondary N) is 1. The minimum atomic E-state index is -3.73. The van der Waals surface area contributed by atoms with Crippen LogP contribution in [0.5, 0.6) is 0 Å². The minimum Gasteiger partial charge on any atom is -0.348 e. The molecule has 1 atom stereocenters. The fourth-order valence-electron chi connectivity index (χ4n) is 2.87. The van der Waals surface area contributed by atoms with Crippen molar-refractivity contribution in [2.45, 2.75) is 26.3 Å². The van der Waals surface area contributed by atoms with Crippen LogP contribution < -0.4 is 9.62 Å². The Morgan fingerprint density at radius 3 is 2.29 bits per heavy atom. The lowest BCUT2D eigenvalue weighted by Crippen LogP contribution is -2.42. The molecule has 1 amide bonds. The van der Waals surface area contributed by atoms with Gasteiger partial charge in [-0.2, -0.15) is 0 Å². The maximum absolute atomic E-state index is 12.7. The topological polar surface area (TPSA) is 66.5 Å². The van der Waals surface area contributed by atoms with Crippen LogP contribution >= 0.6 is 23.2 Å². The number of hydrogen-bond donors (Lipinski definition) is 1. The second kappa shape index (κ2) is 9.63. The lowest BCUT2D eigenvalue weighted by Gasteiger charge is -2.26. The first-order chi connectivity index (χ1) is 13.1. The zero-order chi connectivity index (χ0) is 20.9. The van der Waals surface area contributed by atoms with Gasteiger partial charge in [-0.1, -0.05) is 67.4 Å². The number of anilines is 1. The number of nitrogens with zero attached hydrogens (tertiary/aromatic N) is 1. The molecule has 5 nitrogen and oxygen atoms in total. The summed E-state index contributed by atoms with van der Waals surface area (Å²) in [4.78, 5) is 12.7. The Morgan fingerprint density at radius 1 is 1.11 bits per heavy atom. The standard InChI is InChI=1S/C20H24Cl2N2O3S/c1-14(2)11-18(15-7-5-4-6-8-15)23-20(25)13-24(28(3,26)27)19-10-9-16(21)12-17(19)22/h4-10,12,14,18H,11,13H2,1-3H3,(H,23,25). The first-order valence-corrected chi connectivity index (χ1v) is 11.5. The van der Waals surface area contributed by atoms with Crippen molar-refractivity contribution < 1.29 is 13.2 Å². The highest BCUT2D eigenvalue weighted by atomic mass is 35.5. The summed E-state index contributed by atoms with van der Waals surface area (Å²) >= 11 is 12.1. The molecular weight excluding hydrogens is 419 g/mol. The predicted octanol–water partition coefficient (Wildman–Crippen LogP) is 4.66. The number of benzene rings is 2. The van der Waals surface area contributed by atoms with Gasteiger partial charge in [-0.05, 0) is 36.1 Å². The first kappa shape index (κ1) is 22.5. The average molecular weight is 443 g/mol. The van der Waals surface area contributed by atoms with Crippen molar-refractivity contribution in [1.29, 1.82) is 0 Å². The molecule has 28 heavy (non-hydrogen) atoms. The molecule has 0 fully saturated rings. The number of rotatable bonds is 8. The van der Waals surface area contributed by atoms with Crippen molar-refractivity contribution in [3.05, 3.63) is 64.1 Å². The molecule has 0 saturated carbocycles. The van der Waals surface area contributed by atoms with Gasteiger partial charge in [0.2, 0.25) is 15.9 Å². The second-order valence-corrected chi connectivity index (χ2v) is 9.78. The summed E-state index contributed by atoms with van der Waals surface area (Å²) in [6.45, 7) is 3.76. The Hall–Kier alpha value is -1.76. The molecular formula is C20H24Cl2N2O3S. The van der Waals surface area contributed by atoms with E-state index >= 15 is 0 Å². The van der Waals surface area contributed by atoms with Crippen LogP contribution in [0.2, 0.25) is 10.0 Å². The van der Waals surface area contributed by atoms with Crippen LogP contribution in [-0.4, -0.2) is 27.1 Å². The van der Waals surface area contributed by atoms with Gasteiger partial charge in [0.1, 0.15) is 6.54 Å². The van der Waals surface area contributed by atoms with Gasteiger partial charge in [0.25, 0.3) is 0 Å². The molecule has 152 valence electrons. The highest BCUT2D eigenvalue weighted by molar-refractivity contribution is 7.92. The van der Waals surface area contributed by atoms with Crippen molar-refractivity contribution in [1.82, 2.24) is 5.32 Å². The molecule has 0 aliphatic rings. The van der Waals surface area contributed by atoms with Crippen LogP contribution in [0.3, 0.4) is 0 Å². The van der Waals surface area contributed by atoms with Gasteiger partial charge in [-0.25, -0.2) is 8.42 Å². The molecule has 8 heteroatoms. The third-order valence-electron chi connectivity index (χ3n) is 4.11. The SMILES string of the molecule is CC(C)CC(NC(=O)CN(c1ccc(Cl)cc1Cl)S(C)(=O)=O)c1ccccc1. The Labute approximate surface area is 176 Å². The minimum absolute atomic E-state index is 0.160. The van der Waals surface area contributed by atoms with Gasteiger partial charge in [-0.15, -0.1) is 0 Å². The van der Waals surface area contributed by atoms with E-state index < -0.39 is 15.9 Å². The molecule has 2 rings (SSSR count). The zero-order valence-corrected chi connectivity index (χ0v) is 18.4. The van der Waals surface area contributed by atoms with Crippen molar-refractivity contribution in [3.63, 3.8) is 0 Å². The predicted molar refractivity (Wildman–Crippen MR) is 115 cm³/mol. The lowest BCUT2D eigenvalue weighted by molar-refractivity contribution is -0.120. The highest BCUT2D eigenvalue weighted by Crippen LogP contribution is 2.30. The zero-order valence-electron chi connectivity index (χ0n) is 16.0. The quantitative estimate of drug-likeness (QED) is 0.645. The molecule has 0 aromatic heterocycles. The van der Waals surface area contributed by atoms with E-state index in [1.165, 1.54) is 18.2 Å². The Morgan fingerprint density at radius 2 is 1.75 bits per heavy atom. The summed E-state index contributed by atoms with van der Waals surface area (Å²) in [6.07, 6.45) is 1.77. The Kier molecular flexibility index (Phi) is 7.75. The van der Waals surface area contributed by atoms with E-state index in [1.807, 2.05) is 30.3 Å². The van der Waals surface area contributed by atoms with Crippen LogP contribution in [0.15, 0.2) is 48.5 Å². The van der Waals surface area contributed by atoms with Gasteiger partial charge < -0.3 is 5.32 Å². The third-order valence-corrected chi connectivity index (χ3v) is 5.77. The number of halogens is 2. The van der Waals surface area contributed by atoms with E-state index in [4.69, 9.17) is 23.2 Å². The molecule has 0 heterocycles. The Bertz CT molecular complexity index is 918. The van der Waals surface area contributed by atoms with Crippen molar-refractivity contribution in [3.8, 4) is 0 Å². The number of amides is 1. The molecule has 0 aliphatic heterocycles. The van der Waals surface area contributed by atoms with Crippen LogP contribution in [0.25, 0.3) is 0 Å². The average Bonchev–Trinajstić information content (AvgIpc) is 2.59. The molecule has 2 aromatic carbocycles. The van der Waals surface area contributed by atoms with Crippen LogP contribution in [-0.2, 0) is 14.8 Å². The summed E-state index contributed by atoms with van der Waals surface area (Å²) in [6, 6.07) is 13.9. The Balaban J connectivity index is 2.25. The molecule has 0 spiro atoms. The number of carbonyl (C=O) groups is 1. The van der Waals surface area contributed by atoms with Crippen LogP contribution in [0.1, 0.15) is 31.9 Å². The molecule has 0 aliphatic carbocycles. The molecule has 0 bridgehead atoms. The smallest absolute Gasteiger partial charge is 0.241 e. The van der Waals surface area contributed by atoms with E-state index in [9.17, 15) is 13.2 Å². The normalized spacial score (nSPS) is 12.6. The highest BCUT2D eigenvalue weighted by Gasteiger charge is 2.25. The fraction of sp³-hybridized carbons (Fsp3) is 0.350. The first-order valence-electron chi connectivity index (χ1n) is 8.85. The van der Waals surface area contributed by atoms with Gasteiger partial charge >= 0.3 is 0 Å². The van der Waals surface area contributed by atoms with Crippen LogP contribution in [0.4, 0.5) is 5.69 Å². The van der Waals surface area contributed by atoms with E-state index in [0.29, 0.717) is 10.9 Å². The van der Waals surface area contributed by atoms with Gasteiger partial charge in [0.05, 0.1) is 23.0 Å². The number of carbonyl (C=O) groups excluding carboxylic acids is 1. The molecule has 1 N–H and O–H groups in total. The fourth-order valence-corrected chi connectivity index (χ4v) is 4.30. The maximum atomic E-state index is 12.7. The van der Waals surface area contributed by atoms with Crippen molar-refractivity contribution >= 4 is 44.8 Å². The second-order valence-electron chi connectivity index (χ2n) is 7.03. The third kappa shape index (κ3) is 6.40. The van der Waals surface area contributed by atoms with E-state index in [-0.39, 0.29) is 23.3 Å². The van der Waals surface area contributed by atoms with Crippen molar-refractivity contribution in [2.24, 2.45) is 5.92 Å². The number of sulfonamides is 1. The molecule has 1 unspecified atom stereocenters. The van der Waals surface area contributed by atoms with E-state index in [1.54, 1.807) is 0 Å². The van der Waals surface area contributed by atoms with Crippen molar-refractivity contribution in [2.75, 3.05) is 17.1 Å². The van der Waals surface area contributed by atoms with E-state index in [0.717, 1.165) is 22.5 Å². The summed E-state index contributed by atoms with van der Waals surface area (Å²) in [5.74, 6) is -0.0619. The molecule has 0 saturated heterocycles. The largest absolute Gasteiger partial charge is 0.348 e. The summed E-state index contributed by atoms with van der Waals surface area (Å²) < 4.78 is 25.6. The summed E-state index contributed by atoms with van der Waals surface area (Å²) in [5, 5.41) is 3.50. The maximum Gasteiger partial charge on any atom is 0.241 e. The van der Waals surface area contributed by atoms with Gasteiger partial charge in [0.15, 0.2) is 0 Å².